The van der Waals surface area contributed by atoms with Crippen molar-refractivity contribution in [2.75, 3.05) is 7.05 Å². The smallest absolute Gasteiger partial charge is 0.330 e. The summed E-state index contributed by atoms with van der Waals surface area (Å²) in [6, 6.07) is 10.1. The third kappa shape index (κ3) is 2.38. The van der Waals surface area contributed by atoms with Crippen LogP contribution in [0.3, 0.4) is 0 Å². The van der Waals surface area contributed by atoms with E-state index in [1.807, 2.05) is 37.4 Å². The Hall–Kier alpha value is -1.31. The second kappa shape index (κ2) is 3.90. The molecule has 0 bridgehead atoms. The van der Waals surface area contributed by atoms with E-state index in [0.29, 0.717) is 5.90 Å². The van der Waals surface area contributed by atoms with Gasteiger partial charge in [-0.15, -0.1) is 0 Å². The molecule has 0 radical (unpaired) electrons. The van der Waals surface area contributed by atoms with E-state index in [4.69, 9.17) is 5.11 Å². The molecule has 0 unspecified atom stereocenters. The summed E-state index contributed by atoms with van der Waals surface area (Å²) in [5.74, 6) is 0.346. The van der Waals surface area contributed by atoms with Gasteiger partial charge in [-0.25, -0.2) is 4.58 Å². The molecule has 0 aromatic heterocycles. The van der Waals surface area contributed by atoms with Crippen molar-refractivity contribution in [3.05, 3.63) is 35.9 Å². The summed E-state index contributed by atoms with van der Waals surface area (Å²) >= 11 is 0. The highest BCUT2D eigenvalue weighted by Gasteiger charge is 2.02. The van der Waals surface area contributed by atoms with Gasteiger partial charge in [0.25, 0.3) is 0 Å². The first-order valence-corrected chi connectivity index (χ1v) is 3.97. The number of benzene rings is 1. The SMILES string of the molecule is CC(O)=[N+](C)Cc1ccccc1. The second-order valence-electron chi connectivity index (χ2n) is 2.89. The van der Waals surface area contributed by atoms with Gasteiger partial charge < -0.3 is 5.11 Å². The lowest BCUT2D eigenvalue weighted by Gasteiger charge is -1.97. The maximum absolute atomic E-state index is 9.12. The van der Waals surface area contributed by atoms with Gasteiger partial charge in [-0.05, 0) is 0 Å². The number of rotatable bonds is 2. The first kappa shape index (κ1) is 8.78. The van der Waals surface area contributed by atoms with Gasteiger partial charge in [0.1, 0.15) is 7.05 Å². The van der Waals surface area contributed by atoms with E-state index in [0.717, 1.165) is 6.54 Å². The minimum Gasteiger partial charge on any atom is -0.464 e. The highest BCUT2D eigenvalue weighted by molar-refractivity contribution is 5.64. The van der Waals surface area contributed by atoms with Crippen LogP contribution in [0.5, 0.6) is 0 Å². The highest BCUT2D eigenvalue weighted by Crippen LogP contribution is 1.99. The van der Waals surface area contributed by atoms with Crippen LogP contribution in [0.2, 0.25) is 0 Å². The summed E-state index contributed by atoms with van der Waals surface area (Å²) in [5.41, 5.74) is 1.20. The number of nitrogens with zero attached hydrogens (tertiary/aromatic N) is 1. The van der Waals surface area contributed by atoms with Crippen molar-refractivity contribution < 1.29 is 9.68 Å². The molecule has 0 saturated heterocycles. The molecule has 2 heteroatoms. The largest absolute Gasteiger partial charge is 0.464 e. The van der Waals surface area contributed by atoms with Crippen LogP contribution in [-0.4, -0.2) is 22.6 Å². The number of hydrogen-bond acceptors (Lipinski definition) is 0. The zero-order valence-electron chi connectivity index (χ0n) is 7.49. The standard InChI is InChI=1S/C10H13NO/c1-9(12)11(2)8-10-6-4-3-5-7-10/h3-7H,8H2,1-2H3/p+1. The summed E-state index contributed by atoms with van der Waals surface area (Å²) in [5, 5.41) is 9.12. The Morgan fingerprint density at radius 3 is 2.42 bits per heavy atom. The Balaban J connectivity index is 2.72. The average Bonchev–Trinajstić information content (AvgIpc) is 2.06. The Bertz CT molecular complexity index is 273. The molecule has 0 aliphatic carbocycles. The predicted molar refractivity (Wildman–Crippen MR) is 49.6 cm³/mol. The van der Waals surface area contributed by atoms with E-state index < -0.39 is 0 Å². The Morgan fingerprint density at radius 2 is 1.92 bits per heavy atom. The summed E-state index contributed by atoms with van der Waals surface area (Å²) in [4.78, 5) is 0. The van der Waals surface area contributed by atoms with Crippen LogP contribution in [0.4, 0.5) is 0 Å². The third-order valence-electron chi connectivity index (χ3n) is 1.82. The first-order chi connectivity index (χ1) is 5.70. The lowest BCUT2D eigenvalue weighted by Crippen LogP contribution is -2.13. The van der Waals surface area contributed by atoms with Gasteiger partial charge in [-0.2, -0.15) is 0 Å². The number of hydrogen-bond donors (Lipinski definition) is 1. The fourth-order valence-corrected chi connectivity index (χ4v) is 0.972. The molecule has 0 saturated carbocycles. The van der Waals surface area contributed by atoms with Crippen LogP contribution in [-0.2, 0) is 6.54 Å². The molecule has 0 heterocycles. The minimum absolute atomic E-state index is 0.346. The third-order valence-corrected chi connectivity index (χ3v) is 1.82. The fraction of sp³-hybridized carbons (Fsp3) is 0.300. The fourth-order valence-electron chi connectivity index (χ4n) is 0.972. The second-order valence-corrected chi connectivity index (χ2v) is 2.89. The quantitative estimate of drug-likeness (QED) is 0.402. The van der Waals surface area contributed by atoms with Gasteiger partial charge in [0.15, 0.2) is 6.54 Å². The molecule has 1 N–H and O–H groups in total. The van der Waals surface area contributed by atoms with Gasteiger partial charge in [-0.1, -0.05) is 30.3 Å². The molecule has 1 aromatic rings. The van der Waals surface area contributed by atoms with Crippen LogP contribution in [0, 0.1) is 0 Å². The van der Waals surface area contributed by atoms with Gasteiger partial charge in [-0.3, -0.25) is 0 Å². The molecular weight excluding hydrogens is 150 g/mol. The van der Waals surface area contributed by atoms with Crippen molar-refractivity contribution in [1.82, 2.24) is 0 Å². The molecule has 1 aromatic carbocycles. The number of aliphatic hydroxyl groups is 1. The first-order valence-electron chi connectivity index (χ1n) is 3.97. The van der Waals surface area contributed by atoms with Crippen molar-refractivity contribution in [3.8, 4) is 0 Å². The Morgan fingerprint density at radius 1 is 1.33 bits per heavy atom. The van der Waals surface area contributed by atoms with E-state index in [1.165, 1.54) is 5.56 Å². The van der Waals surface area contributed by atoms with Crippen LogP contribution in [0.1, 0.15) is 12.5 Å². The molecular formula is C10H14NO+. The van der Waals surface area contributed by atoms with Crippen molar-refractivity contribution in [2.24, 2.45) is 0 Å². The van der Waals surface area contributed by atoms with Crippen LogP contribution in [0.25, 0.3) is 0 Å². The predicted octanol–water partition coefficient (Wildman–Crippen LogP) is 1.81. The van der Waals surface area contributed by atoms with Crippen molar-refractivity contribution >= 4 is 5.90 Å². The Kier molecular flexibility index (Phi) is 2.86. The number of aliphatic hydroxyl groups excluding tert-OH is 1. The van der Waals surface area contributed by atoms with E-state index >= 15 is 0 Å². The molecule has 0 amide bonds. The molecule has 2 nitrogen and oxygen atoms in total. The van der Waals surface area contributed by atoms with Crippen LogP contribution < -0.4 is 0 Å². The molecule has 0 fully saturated rings. The van der Waals surface area contributed by atoms with Gasteiger partial charge in [0.2, 0.25) is 0 Å². The molecule has 0 spiro atoms. The summed E-state index contributed by atoms with van der Waals surface area (Å²) in [6.07, 6.45) is 0. The maximum Gasteiger partial charge on any atom is 0.330 e. The van der Waals surface area contributed by atoms with Crippen LogP contribution >= 0.6 is 0 Å². The minimum atomic E-state index is 0.346. The van der Waals surface area contributed by atoms with E-state index in [9.17, 15) is 0 Å². The molecule has 0 atom stereocenters. The topological polar surface area (TPSA) is 23.2 Å². The zero-order valence-corrected chi connectivity index (χ0v) is 7.49. The summed E-state index contributed by atoms with van der Waals surface area (Å²) in [7, 11) is 1.86. The van der Waals surface area contributed by atoms with E-state index in [-0.39, 0.29) is 0 Å². The molecule has 0 aliphatic rings. The summed E-state index contributed by atoms with van der Waals surface area (Å²) < 4.78 is 1.80. The van der Waals surface area contributed by atoms with E-state index in [2.05, 4.69) is 0 Å². The van der Waals surface area contributed by atoms with E-state index in [1.54, 1.807) is 11.5 Å². The zero-order chi connectivity index (χ0) is 8.97. The molecule has 1 rings (SSSR count). The highest BCUT2D eigenvalue weighted by atomic mass is 16.3. The normalized spacial score (nSPS) is 12.5. The monoisotopic (exact) mass is 164 g/mol. The van der Waals surface area contributed by atoms with Crippen molar-refractivity contribution in [3.63, 3.8) is 0 Å². The molecule has 0 aliphatic heterocycles. The van der Waals surface area contributed by atoms with Crippen molar-refractivity contribution in [2.45, 2.75) is 13.5 Å². The van der Waals surface area contributed by atoms with Gasteiger partial charge in [0.05, 0.1) is 6.92 Å². The van der Waals surface area contributed by atoms with Crippen molar-refractivity contribution in [1.29, 1.82) is 0 Å². The maximum atomic E-state index is 9.12. The average molecular weight is 164 g/mol. The van der Waals surface area contributed by atoms with Gasteiger partial charge in [0, 0.05) is 5.56 Å². The molecule has 64 valence electrons. The molecule has 12 heavy (non-hydrogen) atoms. The lowest BCUT2D eigenvalue weighted by molar-refractivity contribution is -0.522. The van der Waals surface area contributed by atoms with Gasteiger partial charge >= 0.3 is 5.90 Å². The lowest BCUT2D eigenvalue weighted by atomic mass is 10.2. The Labute approximate surface area is 72.8 Å². The summed E-state index contributed by atoms with van der Waals surface area (Å²) in [6.45, 7) is 2.44. The van der Waals surface area contributed by atoms with Crippen LogP contribution in [0.15, 0.2) is 30.3 Å².